The van der Waals surface area contributed by atoms with Crippen molar-refractivity contribution in [2.24, 2.45) is 51.0 Å². The van der Waals surface area contributed by atoms with Gasteiger partial charge in [-0.3, -0.25) is 67.3 Å². The number of likely N-dealkylation sites (tertiary alicyclic amines) is 2. The summed E-state index contributed by atoms with van der Waals surface area (Å²) < 4.78 is 0. The highest BCUT2D eigenvalue weighted by atomic mass is 32.2. The zero-order chi connectivity index (χ0) is 70.1. The Kier molecular flexibility index (Phi) is 33.9. The minimum Gasteiger partial charge on any atom is -0.370 e. The average Bonchev–Trinajstić information content (AvgIpc) is 1.74. The number of carbonyl (C=O) groups is 13. The Morgan fingerprint density at radius 1 is 0.537 bits per heavy atom. The largest absolute Gasteiger partial charge is 0.370 e. The second-order valence-corrected chi connectivity index (χ2v) is 25.1. The summed E-state index contributed by atoms with van der Waals surface area (Å²) in [6.45, 7) is 3.86. The van der Waals surface area contributed by atoms with Crippen LogP contribution >= 0.6 is 11.8 Å². The van der Waals surface area contributed by atoms with Crippen LogP contribution in [0.2, 0.25) is 0 Å². The fourth-order valence-electron chi connectivity index (χ4n) is 11.0. The lowest BCUT2D eigenvalue weighted by molar-refractivity contribution is -0.144. The van der Waals surface area contributed by atoms with E-state index in [1.807, 2.05) is 20.1 Å². The van der Waals surface area contributed by atoms with Crippen LogP contribution in [0.3, 0.4) is 0 Å². The van der Waals surface area contributed by atoms with Crippen LogP contribution < -0.4 is 82.7 Å². The van der Waals surface area contributed by atoms with Crippen molar-refractivity contribution < 1.29 is 62.3 Å². The first-order valence-electron chi connectivity index (χ1n) is 32.2. The molecule has 2 fully saturated rings. The number of primary amides is 3. The lowest BCUT2D eigenvalue weighted by Gasteiger charge is -2.32. The molecule has 0 aromatic heterocycles. The van der Waals surface area contributed by atoms with E-state index < -0.39 is 169 Å². The van der Waals surface area contributed by atoms with Crippen molar-refractivity contribution >= 4 is 94.5 Å². The number of nitrogens with two attached hydrogens (primary N) is 7. The minimum atomic E-state index is -1.64. The summed E-state index contributed by atoms with van der Waals surface area (Å²) in [5.74, 6) is -9.80. The van der Waals surface area contributed by atoms with Gasteiger partial charge in [0.1, 0.15) is 54.4 Å². The SMILES string of the molecule is CSCC[C@H](NC(=O)[C@H](CC(C)C)NC(=O)CNC(=O)[C@@H](Cc1ccccc1)NC(=O)[C@H](Cc1ccccc1)NC(=O)[C@@H](CCC(N)=O)NC(=O)[C@H](CCC(N)=O)NC(=O)[C@@H]1CCCN1C(=O)[C@@H](CCCCN)NC(=O)[C@H]1CCCN1C(=O)[C@H](N)CCCN=C(N)N)C(N)=O. The van der Waals surface area contributed by atoms with E-state index in [4.69, 9.17) is 40.1 Å². The van der Waals surface area contributed by atoms with Crippen molar-refractivity contribution in [3.8, 4) is 0 Å². The Balaban J connectivity index is 1.56. The predicted molar refractivity (Wildman–Crippen MR) is 356 cm³/mol. The predicted octanol–water partition coefficient (Wildman–Crippen LogP) is -3.71. The molecule has 2 aromatic rings. The molecule has 0 spiro atoms. The van der Waals surface area contributed by atoms with Crippen LogP contribution in [-0.4, -0.2) is 198 Å². The minimum absolute atomic E-state index is 0.0736. The van der Waals surface area contributed by atoms with Crippen LogP contribution in [-0.2, 0) is 75.2 Å². The number of rotatable bonds is 42. The third-order valence-electron chi connectivity index (χ3n) is 16.0. The Hall–Kier alpha value is -8.91. The fourth-order valence-corrected chi connectivity index (χ4v) is 11.5. The molecule has 0 unspecified atom stereocenters. The number of amides is 13. The zero-order valence-electron chi connectivity index (χ0n) is 54.5. The van der Waals surface area contributed by atoms with Gasteiger partial charge in [0.15, 0.2) is 5.96 Å². The number of carbonyl (C=O) groups excluding carboxylic acids is 13. The molecular weight excluding hydrogens is 1250 g/mol. The van der Waals surface area contributed by atoms with E-state index in [-0.39, 0.29) is 83.0 Å². The molecule has 2 aliphatic rings. The molecular formula is C63H98N18O13S. The van der Waals surface area contributed by atoms with Gasteiger partial charge in [-0.15, -0.1) is 0 Å². The molecule has 0 aliphatic carbocycles. The topological polar surface area (TPSA) is 519 Å². The van der Waals surface area contributed by atoms with E-state index >= 15 is 0 Å². The van der Waals surface area contributed by atoms with Gasteiger partial charge >= 0.3 is 0 Å². The smallest absolute Gasteiger partial charge is 0.245 e. The number of hydrogen-bond acceptors (Lipinski definition) is 17. The van der Waals surface area contributed by atoms with Gasteiger partial charge in [0.05, 0.1) is 12.6 Å². The van der Waals surface area contributed by atoms with Crippen molar-refractivity contribution in [2.75, 3.05) is 44.7 Å². The van der Waals surface area contributed by atoms with Crippen LogP contribution in [0.25, 0.3) is 0 Å². The van der Waals surface area contributed by atoms with Crippen LogP contribution in [0.15, 0.2) is 65.7 Å². The van der Waals surface area contributed by atoms with E-state index in [9.17, 15) is 62.3 Å². The number of thioether (sulfide) groups is 1. The van der Waals surface area contributed by atoms with Gasteiger partial charge in [-0.1, -0.05) is 74.5 Å². The molecule has 0 bridgehead atoms. The molecule has 13 amide bonds. The lowest BCUT2D eigenvalue weighted by Crippen LogP contribution is -2.60. The third kappa shape index (κ3) is 27.5. The van der Waals surface area contributed by atoms with E-state index in [1.165, 1.54) is 21.6 Å². The Bertz CT molecular complexity index is 2960. The summed E-state index contributed by atoms with van der Waals surface area (Å²) >= 11 is 1.45. The summed E-state index contributed by atoms with van der Waals surface area (Å²) in [7, 11) is 0. The van der Waals surface area contributed by atoms with Crippen LogP contribution in [0.1, 0.15) is 121 Å². The molecule has 524 valence electrons. The Morgan fingerprint density at radius 2 is 1.01 bits per heavy atom. The molecule has 0 saturated carbocycles. The van der Waals surface area contributed by atoms with Gasteiger partial charge in [-0.25, -0.2) is 0 Å². The van der Waals surface area contributed by atoms with Crippen molar-refractivity contribution in [3.05, 3.63) is 71.8 Å². The van der Waals surface area contributed by atoms with E-state index in [0.717, 1.165) is 0 Å². The second kappa shape index (κ2) is 41.0. The first-order chi connectivity index (χ1) is 45.2. The summed E-state index contributed by atoms with van der Waals surface area (Å²) in [6.07, 6.45) is 3.12. The molecule has 31 nitrogen and oxygen atoms in total. The summed E-state index contributed by atoms with van der Waals surface area (Å²) in [5, 5.41) is 21.1. The number of benzene rings is 2. The summed E-state index contributed by atoms with van der Waals surface area (Å²) in [5.41, 5.74) is 40.6. The number of unbranched alkanes of at least 4 members (excludes halogenated alkanes) is 1. The second-order valence-electron chi connectivity index (χ2n) is 24.1. The van der Waals surface area contributed by atoms with Gasteiger partial charge in [0.2, 0.25) is 76.8 Å². The maximum absolute atomic E-state index is 14.7. The molecule has 4 rings (SSSR count). The van der Waals surface area contributed by atoms with E-state index in [2.05, 4.69) is 47.5 Å². The molecule has 2 aliphatic heterocycles. The maximum atomic E-state index is 14.7. The number of guanidine groups is 1. The zero-order valence-corrected chi connectivity index (χ0v) is 55.3. The third-order valence-corrected chi connectivity index (χ3v) is 16.7. The Morgan fingerprint density at radius 3 is 1.51 bits per heavy atom. The van der Waals surface area contributed by atoms with Crippen molar-refractivity contribution in [1.29, 1.82) is 0 Å². The van der Waals surface area contributed by atoms with Gasteiger partial charge < -0.3 is 92.5 Å². The first kappa shape index (κ1) is 78.5. The van der Waals surface area contributed by atoms with E-state index in [1.54, 1.807) is 60.7 Å². The summed E-state index contributed by atoms with van der Waals surface area (Å²) in [4.78, 5) is 185. The number of nitrogens with zero attached hydrogens (tertiary/aromatic N) is 3. The average molecular weight is 1350 g/mol. The normalized spacial score (nSPS) is 16.8. The van der Waals surface area contributed by atoms with Crippen molar-refractivity contribution in [1.82, 2.24) is 52.3 Å². The standard InChI is InChI=1S/C63H98N18O13S/c1-37(2)33-45(57(89)74-41(53(68)85)27-32-95-3)73-52(84)36-72-54(86)46(34-38-15-6-4-7-16-38)78-58(90)47(35-39-17-8-5-9-18-39)79-56(88)42(23-25-50(66)82)75-55(87)43(24-26-51(67)83)76-59(91)49-22-14-31-81(49)62(94)44(20-10-11-28-64)77-60(92)48-21-13-30-80(48)61(93)40(65)19-12-29-71-63(69)70/h4-9,15-18,37,40-49H,10-14,19-36,64-65H2,1-3H3,(H2,66,82)(H2,67,83)(H2,68,85)(H,72,86)(H,73,84)(H,74,89)(H,75,87)(H,76,91)(H,77,92)(H,78,90)(H,79,88)(H4,69,70,71)/t40-,41+,42-,43+,44-,45+,46-,47+,48-,49+/m1/s1. The molecule has 2 aromatic carbocycles. The van der Waals surface area contributed by atoms with Gasteiger partial charge in [0, 0.05) is 45.3 Å². The molecule has 2 heterocycles. The summed E-state index contributed by atoms with van der Waals surface area (Å²) in [6, 6.07) is 4.51. The maximum Gasteiger partial charge on any atom is 0.245 e. The molecule has 0 radical (unpaired) electrons. The molecule has 2 saturated heterocycles. The lowest BCUT2D eigenvalue weighted by atomic mass is 10.0. The van der Waals surface area contributed by atoms with Gasteiger partial charge in [0.25, 0.3) is 0 Å². The fraction of sp³-hybridized carbons (Fsp3) is 0.587. The quantitative estimate of drug-likeness (QED) is 0.0173. The molecule has 32 heteroatoms. The van der Waals surface area contributed by atoms with Gasteiger partial charge in [-0.05, 0) is 119 Å². The Labute approximate surface area is 558 Å². The van der Waals surface area contributed by atoms with Crippen molar-refractivity contribution in [2.45, 2.75) is 183 Å². The number of hydrogen-bond donors (Lipinski definition) is 15. The first-order valence-corrected chi connectivity index (χ1v) is 33.6. The van der Waals surface area contributed by atoms with Gasteiger partial charge in [-0.2, -0.15) is 11.8 Å². The van der Waals surface area contributed by atoms with Crippen LogP contribution in [0.5, 0.6) is 0 Å². The molecule has 22 N–H and O–H groups in total. The molecule has 95 heavy (non-hydrogen) atoms. The number of nitrogens with one attached hydrogen (secondary N) is 8. The highest BCUT2D eigenvalue weighted by molar-refractivity contribution is 7.98. The molecule has 10 atom stereocenters. The highest BCUT2D eigenvalue weighted by Gasteiger charge is 2.42. The van der Waals surface area contributed by atoms with Crippen LogP contribution in [0.4, 0.5) is 0 Å². The van der Waals surface area contributed by atoms with E-state index in [0.29, 0.717) is 55.4 Å². The number of aliphatic imine (C=N–C) groups is 1. The monoisotopic (exact) mass is 1350 g/mol. The highest BCUT2D eigenvalue weighted by Crippen LogP contribution is 2.24. The van der Waals surface area contributed by atoms with Crippen LogP contribution in [0, 0.1) is 5.92 Å². The van der Waals surface area contributed by atoms with Crippen molar-refractivity contribution in [3.63, 3.8) is 0 Å².